The molecule has 1 amide bonds. The van der Waals surface area contributed by atoms with E-state index in [1.165, 1.54) is 19.3 Å². The van der Waals surface area contributed by atoms with Crippen molar-refractivity contribution in [3.63, 3.8) is 0 Å². The van der Waals surface area contributed by atoms with Gasteiger partial charge in [0.1, 0.15) is 0 Å². The van der Waals surface area contributed by atoms with Gasteiger partial charge in [-0.3, -0.25) is 4.79 Å². The Bertz CT molecular complexity index is 316. The second kappa shape index (κ2) is 6.00. The highest BCUT2D eigenvalue weighted by Gasteiger charge is 2.44. The third-order valence-electron chi connectivity index (χ3n) is 4.48. The molecule has 1 aliphatic heterocycles. The number of rotatable bonds is 2. The molecule has 0 spiro atoms. The van der Waals surface area contributed by atoms with Gasteiger partial charge in [-0.05, 0) is 25.7 Å². The minimum atomic E-state index is -0.516. The van der Waals surface area contributed by atoms with Gasteiger partial charge in [-0.1, -0.05) is 44.3 Å². The van der Waals surface area contributed by atoms with Crippen LogP contribution in [0.3, 0.4) is 0 Å². The van der Waals surface area contributed by atoms with Crippen molar-refractivity contribution in [2.75, 3.05) is 13.1 Å². The Morgan fingerprint density at radius 3 is 1.94 bits per heavy atom. The molecule has 3 nitrogen and oxygen atoms in total. The first-order chi connectivity index (χ1) is 8.67. The Morgan fingerprint density at radius 1 is 0.944 bits per heavy atom. The van der Waals surface area contributed by atoms with Crippen molar-refractivity contribution < 1.29 is 4.79 Å². The van der Waals surface area contributed by atoms with E-state index >= 15 is 0 Å². The van der Waals surface area contributed by atoms with Gasteiger partial charge in [0.05, 0.1) is 10.4 Å². The van der Waals surface area contributed by atoms with Crippen LogP contribution in [-0.4, -0.2) is 28.9 Å². The summed E-state index contributed by atoms with van der Waals surface area (Å²) in [6.07, 6.45) is 9.81. The first-order valence-corrected chi connectivity index (χ1v) is 7.67. The Labute approximate surface area is 115 Å². The van der Waals surface area contributed by atoms with E-state index < -0.39 is 5.41 Å². The van der Waals surface area contributed by atoms with E-state index in [4.69, 9.17) is 18.0 Å². The molecule has 102 valence electrons. The third-order valence-corrected chi connectivity index (χ3v) is 4.87. The molecule has 0 unspecified atom stereocenters. The van der Waals surface area contributed by atoms with E-state index in [0.717, 1.165) is 51.6 Å². The van der Waals surface area contributed by atoms with Crippen LogP contribution in [0, 0.1) is 5.41 Å². The summed E-state index contributed by atoms with van der Waals surface area (Å²) in [7, 11) is 0. The summed E-state index contributed by atoms with van der Waals surface area (Å²) in [5.74, 6) is 0.219. The molecule has 2 N–H and O–H groups in total. The zero-order chi connectivity index (χ0) is 13.0. The molecular formula is C14H24N2OS. The van der Waals surface area contributed by atoms with Crippen molar-refractivity contribution in [2.45, 2.75) is 57.8 Å². The lowest BCUT2D eigenvalue weighted by molar-refractivity contribution is -0.139. The van der Waals surface area contributed by atoms with Gasteiger partial charge in [0.25, 0.3) is 0 Å². The molecule has 4 heteroatoms. The number of likely N-dealkylation sites (tertiary alicyclic amines) is 1. The summed E-state index contributed by atoms with van der Waals surface area (Å²) < 4.78 is 0. The van der Waals surface area contributed by atoms with E-state index in [-0.39, 0.29) is 5.91 Å². The van der Waals surface area contributed by atoms with Crippen molar-refractivity contribution >= 4 is 23.1 Å². The van der Waals surface area contributed by atoms with Crippen LogP contribution in [0.5, 0.6) is 0 Å². The number of thiocarbonyl (C=S) groups is 1. The van der Waals surface area contributed by atoms with Gasteiger partial charge in [0.2, 0.25) is 5.91 Å². The lowest BCUT2D eigenvalue weighted by atomic mass is 9.73. The molecule has 0 aromatic rings. The smallest absolute Gasteiger partial charge is 0.235 e. The zero-order valence-electron chi connectivity index (χ0n) is 11.1. The van der Waals surface area contributed by atoms with Crippen molar-refractivity contribution in [1.82, 2.24) is 4.90 Å². The summed E-state index contributed by atoms with van der Waals surface area (Å²) in [5, 5.41) is 0. The Balaban J connectivity index is 2.14. The first kappa shape index (κ1) is 13.8. The van der Waals surface area contributed by atoms with Crippen molar-refractivity contribution in [1.29, 1.82) is 0 Å². The third kappa shape index (κ3) is 2.68. The van der Waals surface area contributed by atoms with Gasteiger partial charge in [-0.15, -0.1) is 0 Å². The van der Waals surface area contributed by atoms with Gasteiger partial charge in [0.15, 0.2) is 0 Å². The Hall–Kier alpha value is -0.640. The molecule has 1 saturated heterocycles. The SMILES string of the molecule is NC(=S)C1(C(=O)N2CCCCCC2)CCCCC1. The molecule has 0 atom stereocenters. The van der Waals surface area contributed by atoms with Crippen LogP contribution in [0.15, 0.2) is 0 Å². The number of amides is 1. The van der Waals surface area contributed by atoms with Crippen LogP contribution in [0.2, 0.25) is 0 Å². The summed E-state index contributed by atoms with van der Waals surface area (Å²) in [4.78, 5) is 15.3. The van der Waals surface area contributed by atoms with E-state index in [0.29, 0.717) is 4.99 Å². The molecule has 0 aromatic carbocycles. The second-order valence-corrected chi connectivity index (χ2v) is 6.15. The molecule has 0 radical (unpaired) electrons. The standard InChI is InChI=1S/C14H24N2OS/c15-12(18)14(8-4-3-5-9-14)13(17)16-10-6-1-2-7-11-16/h1-11H2,(H2,15,18). The van der Waals surface area contributed by atoms with E-state index in [9.17, 15) is 4.79 Å². The highest BCUT2D eigenvalue weighted by Crippen LogP contribution is 2.38. The zero-order valence-corrected chi connectivity index (χ0v) is 11.9. The maximum atomic E-state index is 12.8. The predicted octanol–water partition coefficient (Wildman–Crippen LogP) is 2.63. The minimum Gasteiger partial charge on any atom is -0.392 e. The molecule has 1 heterocycles. The molecule has 2 fully saturated rings. The summed E-state index contributed by atoms with van der Waals surface area (Å²) in [6, 6.07) is 0. The minimum absolute atomic E-state index is 0.219. The maximum absolute atomic E-state index is 12.8. The van der Waals surface area contributed by atoms with Crippen LogP contribution in [0.4, 0.5) is 0 Å². The van der Waals surface area contributed by atoms with Gasteiger partial charge in [-0.25, -0.2) is 0 Å². The number of nitrogens with two attached hydrogens (primary N) is 1. The van der Waals surface area contributed by atoms with E-state index in [2.05, 4.69) is 0 Å². The topological polar surface area (TPSA) is 46.3 Å². The molecule has 1 saturated carbocycles. The number of hydrogen-bond acceptors (Lipinski definition) is 2. The number of nitrogens with zero attached hydrogens (tertiary/aromatic N) is 1. The Morgan fingerprint density at radius 2 is 1.44 bits per heavy atom. The Kier molecular flexibility index (Phi) is 4.60. The molecule has 18 heavy (non-hydrogen) atoms. The van der Waals surface area contributed by atoms with Gasteiger partial charge in [0, 0.05) is 13.1 Å². The number of carbonyl (C=O) groups is 1. The van der Waals surface area contributed by atoms with E-state index in [1.807, 2.05) is 4.90 Å². The summed E-state index contributed by atoms with van der Waals surface area (Å²) >= 11 is 5.24. The molecule has 2 aliphatic rings. The van der Waals surface area contributed by atoms with Crippen LogP contribution in [0.25, 0.3) is 0 Å². The molecule has 0 bridgehead atoms. The predicted molar refractivity (Wildman–Crippen MR) is 77.4 cm³/mol. The molecule has 2 rings (SSSR count). The lowest BCUT2D eigenvalue weighted by Crippen LogP contribution is -2.51. The van der Waals surface area contributed by atoms with Crippen molar-refractivity contribution in [3.05, 3.63) is 0 Å². The van der Waals surface area contributed by atoms with Gasteiger partial charge in [-0.2, -0.15) is 0 Å². The van der Waals surface area contributed by atoms with Crippen LogP contribution >= 0.6 is 12.2 Å². The van der Waals surface area contributed by atoms with Gasteiger partial charge >= 0.3 is 0 Å². The largest absolute Gasteiger partial charge is 0.392 e. The molecular weight excluding hydrogens is 244 g/mol. The van der Waals surface area contributed by atoms with Gasteiger partial charge < -0.3 is 10.6 Å². The average Bonchev–Trinajstić information content (AvgIpc) is 2.67. The fourth-order valence-corrected chi connectivity index (χ4v) is 3.59. The maximum Gasteiger partial charge on any atom is 0.235 e. The van der Waals surface area contributed by atoms with Crippen molar-refractivity contribution in [3.8, 4) is 0 Å². The van der Waals surface area contributed by atoms with E-state index in [1.54, 1.807) is 0 Å². The number of hydrogen-bond donors (Lipinski definition) is 1. The summed E-state index contributed by atoms with van der Waals surface area (Å²) in [6.45, 7) is 1.78. The van der Waals surface area contributed by atoms with Crippen LogP contribution < -0.4 is 5.73 Å². The first-order valence-electron chi connectivity index (χ1n) is 7.26. The quantitative estimate of drug-likeness (QED) is 0.783. The fraction of sp³-hybridized carbons (Fsp3) is 0.857. The molecule has 1 aliphatic carbocycles. The normalized spacial score (nSPS) is 24.3. The fourth-order valence-electron chi connectivity index (χ4n) is 3.30. The van der Waals surface area contributed by atoms with Crippen molar-refractivity contribution in [2.24, 2.45) is 11.1 Å². The highest BCUT2D eigenvalue weighted by molar-refractivity contribution is 7.80. The van der Waals surface area contributed by atoms with Crippen LogP contribution in [-0.2, 0) is 4.79 Å². The number of carbonyl (C=O) groups excluding carboxylic acids is 1. The molecule has 0 aromatic heterocycles. The monoisotopic (exact) mass is 268 g/mol. The lowest BCUT2D eigenvalue weighted by Gasteiger charge is -2.38. The highest BCUT2D eigenvalue weighted by atomic mass is 32.1. The second-order valence-electron chi connectivity index (χ2n) is 5.71. The van der Waals surface area contributed by atoms with Crippen LogP contribution in [0.1, 0.15) is 57.8 Å². The summed E-state index contributed by atoms with van der Waals surface area (Å²) in [5.41, 5.74) is 5.42. The average molecular weight is 268 g/mol.